The van der Waals surface area contributed by atoms with Gasteiger partial charge >= 0.3 is 0 Å². The van der Waals surface area contributed by atoms with Crippen molar-refractivity contribution in [3.63, 3.8) is 0 Å². The standard InChI is InChI=1S/C16H21N3O/c1-11-8-9-14(12(2)18-11)16(20)19-15(10-17)13-6-4-3-5-7-13/h8-9,13,15H,3-7H2,1-2H3,(H,19,20). The van der Waals surface area contributed by atoms with Crippen LogP contribution in [0, 0.1) is 31.1 Å². The summed E-state index contributed by atoms with van der Waals surface area (Å²) in [6.07, 6.45) is 5.62. The molecule has 4 heteroatoms. The Morgan fingerprint density at radius 2 is 2.05 bits per heavy atom. The normalized spacial score (nSPS) is 17.2. The van der Waals surface area contributed by atoms with Crippen LogP contribution in [0.15, 0.2) is 12.1 Å². The lowest BCUT2D eigenvalue weighted by Gasteiger charge is -2.26. The van der Waals surface area contributed by atoms with Gasteiger partial charge < -0.3 is 5.32 Å². The molecule has 0 saturated heterocycles. The van der Waals surface area contributed by atoms with E-state index in [2.05, 4.69) is 16.4 Å². The molecule has 1 fully saturated rings. The van der Waals surface area contributed by atoms with Gasteiger partial charge in [0.05, 0.1) is 17.3 Å². The summed E-state index contributed by atoms with van der Waals surface area (Å²) in [6.45, 7) is 3.72. The Labute approximate surface area is 120 Å². The van der Waals surface area contributed by atoms with E-state index in [1.54, 1.807) is 6.07 Å². The predicted octanol–water partition coefficient (Wildman–Crippen LogP) is 2.90. The van der Waals surface area contributed by atoms with Gasteiger partial charge in [-0.15, -0.1) is 0 Å². The number of amides is 1. The lowest BCUT2D eigenvalue weighted by Crippen LogP contribution is -2.40. The molecule has 1 aromatic rings. The van der Waals surface area contributed by atoms with Gasteiger partial charge in [0, 0.05) is 5.69 Å². The zero-order valence-electron chi connectivity index (χ0n) is 12.1. The van der Waals surface area contributed by atoms with E-state index in [1.165, 1.54) is 6.42 Å². The van der Waals surface area contributed by atoms with E-state index in [9.17, 15) is 10.1 Å². The van der Waals surface area contributed by atoms with Crippen LogP contribution in [-0.4, -0.2) is 16.9 Å². The maximum Gasteiger partial charge on any atom is 0.254 e. The monoisotopic (exact) mass is 271 g/mol. The molecule has 2 rings (SSSR count). The molecule has 0 aliphatic heterocycles. The lowest BCUT2D eigenvalue weighted by atomic mass is 9.84. The number of carbonyl (C=O) groups is 1. The minimum Gasteiger partial charge on any atom is -0.336 e. The molecule has 1 unspecified atom stereocenters. The van der Waals surface area contributed by atoms with Gasteiger partial charge in [-0.1, -0.05) is 19.3 Å². The third kappa shape index (κ3) is 3.36. The molecule has 1 amide bonds. The van der Waals surface area contributed by atoms with Crippen molar-refractivity contribution in [3.05, 3.63) is 29.1 Å². The van der Waals surface area contributed by atoms with E-state index >= 15 is 0 Å². The van der Waals surface area contributed by atoms with Crippen LogP contribution in [0.4, 0.5) is 0 Å². The molecular formula is C16H21N3O. The molecular weight excluding hydrogens is 250 g/mol. The number of hydrogen-bond acceptors (Lipinski definition) is 3. The van der Waals surface area contributed by atoms with Gasteiger partial charge in [0.1, 0.15) is 6.04 Å². The number of pyridine rings is 1. The van der Waals surface area contributed by atoms with E-state index in [1.807, 2.05) is 19.9 Å². The lowest BCUT2D eigenvalue weighted by molar-refractivity contribution is 0.0928. The third-order valence-electron chi connectivity index (χ3n) is 4.02. The largest absolute Gasteiger partial charge is 0.336 e. The van der Waals surface area contributed by atoms with Crippen molar-refractivity contribution in [2.24, 2.45) is 5.92 Å². The van der Waals surface area contributed by atoms with Crippen molar-refractivity contribution >= 4 is 5.91 Å². The van der Waals surface area contributed by atoms with Crippen molar-refractivity contribution in [1.82, 2.24) is 10.3 Å². The first-order valence-electron chi connectivity index (χ1n) is 7.26. The van der Waals surface area contributed by atoms with E-state index < -0.39 is 0 Å². The van der Waals surface area contributed by atoms with Crippen LogP contribution in [0.5, 0.6) is 0 Å². The Bertz CT molecular complexity index is 527. The number of aromatic nitrogens is 1. The Morgan fingerprint density at radius 3 is 2.65 bits per heavy atom. The van der Waals surface area contributed by atoms with E-state index in [-0.39, 0.29) is 17.9 Å². The molecule has 1 N–H and O–H groups in total. The number of rotatable bonds is 3. The van der Waals surface area contributed by atoms with Crippen LogP contribution in [0.25, 0.3) is 0 Å². The summed E-state index contributed by atoms with van der Waals surface area (Å²) in [7, 11) is 0. The van der Waals surface area contributed by atoms with Gasteiger partial charge in [0.15, 0.2) is 0 Å². The van der Waals surface area contributed by atoms with Crippen LogP contribution < -0.4 is 5.32 Å². The molecule has 1 aliphatic rings. The van der Waals surface area contributed by atoms with Gasteiger partial charge in [-0.25, -0.2) is 0 Å². The highest BCUT2D eigenvalue weighted by molar-refractivity contribution is 5.95. The SMILES string of the molecule is Cc1ccc(C(=O)NC(C#N)C2CCCCC2)c(C)n1. The Morgan fingerprint density at radius 1 is 1.35 bits per heavy atom. The number of hydrogen-bond donors (Lipinski definition) is 1. The summed E-state index contributed by atoms with van der Waals surface area (Å²) in [5.41, 5.74) is 2.16. The molecule has 106 valence electrons. The zero-order valence-corrected chi connectivity index (χ0v) is 12.1. The van der Waals surface area contributed by atoms with Crippen LogP contribution in [0.2, 0.25) is 0 Å². The summed E-state index contributed by atoms with van der Waals surface area (Å²) in [5, 5.41) is 12.2. The molecule has 1 saturated carbocycles. The molecule has 1 aliphatic carbocycles. The second-order valence-electron chi connectivity index (χ2n) is 5.56. The molecule has 1 aromatic heterocycles. The van der Waals surface area contributed by atoms with Gasteiger partial charge in [-0.05, 0) is 44.7 Å². The molecule has 1 atom stereocenters. The second kappa shape index (κ2) is 6.51. The molecule has 0 bridgehead atoms. The number of nitrogens with one attached hydrogen (secondary N) is 1. The maximum atomic E-state index is 12.3. The van der Waals surface area contributed by atoms with Crippen molar-refractivity contribution in [3.8, 4) is 6.07 Å². The first kappa shape index (κ1) is 14.5. The van der Waals surface area contributed by atoms with Crippen molar-refractivity contribution in [2.45, 2.75) is 52.0 Å². The second-order valence-corrected chi connectivity index (χ2v) is 5.56. The van der Waals surface area contributed by atoms with Crippen LogP contribution in [0.1, 0.15) is 53.8 Å². The van der Waals surface area contributed by atoms with Crippen LogP contribution >= 0.6 is 0 Å². The molecule has 0 aromatic carbocycles. The van der Waals surface area contributed by atoms with Crippen molar-refractivity contribution in [2.75, 3.05) is 0 Å². The quantitative estimate of drug-likeness (QED) is 0.919. The average Bonchev–Trinajstić information content (AvgIpc) is 2.45. The molecule has 1 heterocycles. The number of aryl methyl sites for hydroxylation is 2. The van der Waals surface area contributed by atoms with Gasteiger partial charge in [0.25, 0.3) is 5.91 Å². The minimum absolute atomic E-state index is 0.188. The Balaban J connectivity index is 2.07. The average molecular weight is 271 g/mol. The van der Waals surface area contributed by atoms with E-state index in [0.717, 1.165) is 31.4 Å². The van der Waals surface area contributed by atoms with Gasteiger partial charge in [0.2, 0.25) is 0 Å². The van der Waals surface area contributed by atoms with E-state index in [4.69, 9.17) is 0 Å². The summed E-state index contributed by atoms with van der Waals surface area (Å²) in [5.74, 6) is 0.100. The highest BCUT2D eigenvalue weighted by Crippen LogP contribution is 2.26. The molecule has 4 nitrogen and oxygen atoms in total. The third-order valence-corrected chi connectivity index (χ3v) is 4.02. The summed E-state index contributed by atoms with van der Waals surface area (Å²) in [6, 6.07) is 5.47. The van der Waals surface area contributed by atoms with Crippen molar-refractivity contribution in [1.29, 1.82) is 5.26 Å². The number of nitrogens with zero attached hydrogens (tertiary/aromatic N) is 2. The van der Waals surface area contributed by atoms with Gasteiger partial charge in [-0.2, -0.15) is 5.26 Å². The van der Waals surface area contributed by atoms with Crippen molar-refractivity contribution < 1.29 is 4.79 Å². The number of carbonyl (C=O) groups excluding carboxylic acids is 1. The first-order valence-corrected chi connectivity index (χ1v) is 7.26. The summed E-state index contributed by atoms with van der Waals surface area (Å²) < 4.78 is 0. The zero-order chi connectivity index (χ0) is 14.5. The Hall–Kier alpha value is -1.89. The fourth-order valence-electron chi connectivity index (χ4n) is 2.87. The Kier molecular flexibility index (Phi) is 4.73. The topological polar surface area (TPSA) is 65.8 Å². The highest BCUT2D eigenvalue weighted by Gasteiger charge is 2.25. The smallest absolute Gasteiger partial charge is 0.254 e. The maximum absolute atomic E-state index is 12.3. The molecule has 20 heavy (non-hydrogen) atoms. The highest BCUT2D eigenvalue weighted by atomic mass is 16.1. The fourth-order valence-corrected chi connectivity index (χ4v) is 2.87. The number of nitriles is 1. The van der Waals surface area contributed by atoms with E-state index in [0.29, 0.717) is 11.3 Å². The molecule has 0 spiro atoms. The van der Waals surface area contributed by atoms with Gasteiger partial charge in [-0.3, -0.25) is 9.78 Å². The summed E-state index contributed by atoms with van der Waals surface area (Å²) >= 11 is 0. The summed E-state index contributed by atoms with van der Waals surface area (Å²) in [4.78, 5) is 16.6. The predicted molar refractivity (Wildman–Crippen MR) is 77.2 cm³/mol. The van der Waals surface area contributed by atoms with Crippen LogP contribution in [-0.2, 0) is 0 Å². The first-order chi connectivity index (χ1) is 9.61. The fraction of sp³-hybridized carbons (Fsp3) is 0.562. The van der Waals surface area contributed by atoms with Crippen LogP contribution in [0.3, 0.4) is 0 Å². The molecule has 0 radical (unpaired) electrons. The minimum atomic E-state index is -0.386.